The first-order valence-corrected chi connectivity index (χ1v) is 12.3. The van der Waals surface area contributed by atoms with E-state index in [1.165, 1.54) is 6.92 Å². The van der Waals surface area contributed by atoms with Crippen LogP contribution in [0, 0.1) is 5.92 Å². The molecule has 0 bridgehead atoms. The van der Waals surface area contributed by atoms with Crippen LogP contribution in [0.2, 0.25) is 0 Å². The topological polar surface area (TPSA) is 90.5 Å². The van der Waals surface area contributed by atoms with Crippen LogP contribution in [0.4, 0.5) is 5.69 Å². The van der Waals surface area contributed by atoms with E-state index in [0.29, 0.717) is 23.4 Å². The predicted octanol–water partition coefficient (Wildman–Crippen LogP) is 3.54. The van der Waals surface area contributed by atoms with Gasteiger partial charge in [-0.1, -0.05) is 30.3 Å². The van der Waals surface area contributed by atoms with Gasteiger partial charge in [-0.15, -0.1) is 0 Å². The van der Waals surface area contributed by atoms with Crippen molar-refractivity contribution in [1.29, 1.82) is 0 Å². The summed E-state index contributed by atoms with van der Waals surface area (Å²) in [5.74, 6) is -0.0617. The van der Waals surface area contributed by atoms with Gasteiger partial charge in [0.05, 0.1) is 11.3 Å². The number of Topliss-reactive ketones (excluding diaryl/α,β-unsaturated/α-hetero) is 1. The summed E-state index contributed by atoms with van der Waals surface area (Å²) in [5, 5.41) is 9.64. The Morgan fingerprint density at radius 2 is 1.71 bits per heavy atom. The SMILES string of the molecule is CC(=O)c1ccc2c(c1)/C(=C(/N[C@H]1CC[C@@H](C(=O)NCCN(C)C)CC1)c1ccccc1)C(=O)N2. The number of nitrogens with zero attached hydrogens (tertiary/aromatic N) is 1. The lowest BCUT2D eigenvalue weighted by atomic mass is 9.85. The summed E-state index contributed by atoms with van der Waals surface area (Å²) in [6.45, 7) is 3.01. The maximum atomic E-state index is 13.1. The van der Waals surface area contributed by atoms with Gasteiger partial charge >= 0.3 is 0 Å². The van der Waals surface area contributed by atoms with E-state index in [9.17, 15) is 14.4 Å². The highest BCUT2D eigenvalue weighted by molar-refractivity contribution is 6.36. The Balaban J connectivity index is 1.55. The Bertz CT molecular complexity index is 1130. The van der Waals surface area contributed by atoms with E-state index in [4.69, 9.17) is 0 Å². The number of fused-ring (bicyclic) bond motifs is 1. The molecule has 2 amide bonds. The monoisotopic (exact) mass is 474 g/mol. The van der Waals surface area contributed by atoms with E-state index in [2.05, 4.69) is 20.9 Å². The molecule has 184 valence electrons. The van der Waals surface area contributed by atoms with Crippen LogP contribution in [0.5, 0.6) is 0 Å². The first-order chi connectivity index (χ1) is 16.8. The normalized spacial score (nSPS) is 20.7. The molecule has 1 aliphatic carbocycles. The van der Waals surface area contributed by atoms with Gasteiger partial charge in [0.25, 0.3) is 5.91 Å². The van der Waals surface area contributed by atoms with E-state index >= 15 is 0 Å². The van der Waals surface area contributed by atoms with Gasteiger partial charge in [0, 0.05) is 41.9 Å². The molecular weight excluding hydrogens is 440 g/mol. The van der Waals surface area contributed by atoms with Crippen molar-refractivity contribution in [2.24, 2.45) is 5.92 Å². The van der Waals surface area contributed by atoms with Crippen LogP contribution in [0.15, 0.2) is 48.5 Å². The third-order valence-corrected chi connectivity index (χ3v) is 6.79. The minimum atomic E-state index is -0.180. The number of carbonyl (C=O) groups excluding carboxylic acids is 3. The van der Waals surface area contributed by atoms with Crippen LogP contribution < -0.4 is 16.0 Å². The molecule has 7 heteroatoms. The summed E-state index contributed by atoms with van der Waals surface area (Å²) in [6, 6.07) is 15.3. The lowest BCUT2D eigenvalue weighted by Gasteiger charge is -2.30. The molecular formula is C28H34N4O3. The van der Waals surface area contributed by atoms with Crippen molar-refractivity contribution in [3.63, 3.8) is 0 Å². The molecule has 2 aromatic rings. The number of likely N-dealkylation sites (N-methyl/N-ethyl adjacent to an activating group) is 1. The zero-order valence-electron chi connectivity index (χ0n) is 20.7. The van der Waals surface area contributed by atoms with Crippen LogP contribution in [0.3, 0.4) is 0 Å². The molecule has 0 saturated heterocycles. The van der Waals surface area contributed by atoms with Gasteiger partial charge in [0.1, 0.15) is 0 Å². The minimum Gasteiger partial charge on any atom is -0.381 e. The molecule has 7 nitrogen and oxygen atoms in total. The highest BCUT2D eigenvalue weighted by Crippen LogP contribution is 2.38. The lowest BCUT2D eigenvalue weighted by molar-refractivity contribution is -0.126. The fraction of sp³-hybridized carbons (Fsp3) is 0.393. The molecule has 1 aliphatic heterocycles. The van der Waals surface area contributed by atoms with Crippen LogP contribution in [0.1, 0.15) is 54.1 Å². The number of hydrogen-bond donors (Lipinski definition) is 3. The van der Waals surface area contributed by atoms with Crippen molar-refractivity contribution >= 4 is 34.6 Å². The number of rotatable bonds is 8. The summed E-state index contributed by atoms with van der Waals surface area (Å²) >= 11 is 0. The van der Waals surface area contributed by atoms with E-state index in [-0.39, 0.29) is 29.6 Å². The molecule has 0 aromatic heterocycles. The second kappa shape index (κ2) is 10.9. The average Bonchev–Trinajstić information content (AvgIpc) is 3.17. The molecule has 0 unspecified atom stereocenters. The Morgan fingerprint density at radius 1 is 1.00 bits per heavy atom. The van der Waals surface area contributed by atoms with Crippen molar-refractivity contribution in [1.82, 2.24) is 15.5 Å². The molecule has 3 N–H and O–H groups in total. The van der Waals surface area contributed by atoms with Gasteiger partial charge in [0.15, 0.2) is 5.78 Å². The van der Waals surface area contributed by atoms with Gasteiger partial charge < -0.3 is 20.9 Å². The van der Waals surface area contributed by atoms with Crippen molar-refractivity contribution < 1.29 is 14.4 Å². The van der Waals surface area contributed by atoms with Gasteiger partial charge in [-0.25, -0.2) is 0 Å². The predicted molar refractivity (Wildman–Crippen MR) is 139 cm³/mol. The van der Waals surface area contributed by atoms with Gasteiger partial charge in [-0.05, 0) is 70.5 Å². The van der Waals surface area contributed by atoms with Gasteiger partial charge in [-0.3, -0.25) is 14.4 Å². The van der Waals surface area contributed by atoms with Crippen molar-refractivity contribution in [2.45, 2.75) is 38.6 Å². The summed E-state index contributed by atoms with van der Waals surface area (Å²) < 4.78 is 0. The molecule has 1 heterocycles. The van der Waals surface area contributed by atoms with E-state index in [0.717, 1.165) is 49.1 Å². The summed E-state index contributed by atoms with van der Waals surface area (Å²) in [4.78, 5) is 39.7. The summed E-state index contributed by atoms with van der Waals surface area (Å²) in [6.07, 6.45) is 3.30. The molecule has 4 rings (SSSR count). The standard InChI is InChI=1S/C28H34N4O3/c1-18(33)21-11-14-24-23(17-21)25(28(35)31-24)26(19-7-5-4-6-8-19)30-22-12-9-20(10-13-22)27(34)29-15-16-32(2)3/h4-8,11,14,17,20,22,30H,9-10,12-13,15-16H2,1-3H3,(H,29,34)(H,31,35)/b26-25-/t20-,22+. The van der Waals surface area contributed by atoms with Crippen molar-refractivity contribution in [3.8, 4) is 0 Å². The molecule has 2 aliphatic rings. The number of benzene rings is 2. The highest BCUT2D eigenvalue weighted by Gasteiger charge is 2.31. The molecule has 0 radical (unpaired) electrons. The summed E-state index contributed by atoms with van der Waals surface area (Å²) in [7, 11) is 3.98. The lowest BCUT2D eigenvalue weighted by Crippen LogP contribution is -2.40. The zero-order chi connectivity index (χ0) is 24.9. The third-order valence-electron chi connectivity index (χ3n) is 6.79. The minimum absolute atomic E-state index is 0.0247. The second-order valence-corrected chi connectivity index (χ2v) is 9.67. The van der Waals surface area contributed by atoms with E-state index in [1.54, 1.807) is 18.2 Å². The third kappa shape index (κ3) is 5.80. The Labute approximate surface area is 207 Å². The van der Waals surface area contributed by atoms with Crippen LogP contribution in [0.25, 0.3) is 11.3 Å². The Kier molecular flexibility index (Phi) is 7.66. The highest BCUT2D eigenvalue weighted by atomic mass is 16.2. The van der Waals surface area contributed by atoms with Crippen molar-refractivity contribution in [3.05, 3.63) is 65.2 Å². The molecule has 1 saturated carbocycles. The Hall–Kier alpha value is -3.45. The number of nitrogens with one attached hydrogen (secondary N) is 3. The fourth-order valence-corrected chi connectivity index (χ4v) is 4.79. The molecule has 2 aromatic carbocycles. The number of ketones is 1. The van der Waals surface area contributed by atoms with Gasteiger partial charge in [0.2, 0.25) is 5.91 Å². The van der Waals surface area contributed by atoms with Crippen LogP contribution in [-0.2, 0) is 9.59 Å². The van der Waals surface area contributed by atoms with E-state index < -0.39 is 0 Å². The zero-order valence-corrected chi connectivity index (χ0v) is 20.7. The van der Waals surface area contributed by atoms with Gasteiger partial charge in [-0.2, -0.15) is 0 Å². The number of carbonyl (C=O) groups is 3. The maximum absolute atomic E-state index is 13.1. The molecule has 0 spiro atoms. The smallest absolute Gasteiger partial charge is 0.258 e. The van der Waals surface area contributed by atoms with Crippen molar-refractivity contribution in [2.75, 3.05) is 32.5 Å². The second-order valence-electron chi connectivity index (χ2n) is 9.67. The summed E-state index contributed by atoms with van der Waals surface area (Å²) in [5.41, 5.74) is 4.26. The fourth-order valence-electron chi connectivity index (χ4n) is 4.79. The first kappa shape index (κ1) is 24.7. The van der Waals surface area contributed by atoms with Crippen LogP contribution in [-0.4, -0.2) is 55.7 Å². The molecule has 1 fully saturated rings. The molecule has 0 atom stereocenters. The quantitative estimate of drug-likeness (QED) is 0.402. The van der Waals surface area contributed by atoms with E-state index in [1.807, 2.05) is 44.4 Å². The number of amides is 2. The average molecular weight is 475 g/mol. The molecule has 35 heavy (non-hydrogen) atoms. The van der Waals surface area contributed by atoms with Crippen LogP contribution >= 0.6 is 0 Å². The maximum Gasteiger partial charge on any atom is 0.258 e. The number of hydrogen-bond acceptors (Lipinski definition) is 5. The largest absolute Gasteiger partial charge is 0.381 e. The first-order valence-electron chi connectivity index (χ1n) is 12.3. The Morgan fingerprint density at radius 3 is 2.37 bits per heavy atom. The number of anilines is 1.